The van der Waals surface area contributed by atoms with E-state index in [9.17, 15) is 4.79 Å². The third-order valence-electron chi connectivity index (χ3n) is 1.40. The lowest BCUT2D eigenvalue weighted by atomic mass is 10.3. The average Bonchev–Trinajstić information content (AvgIpc) is 2.54. The number of hydrogen-bond donors (Lipinski definition) is 2. The summed E-state index contributed by atoms with van der Waals surface area (Å²) in [6, 6.07) is 1.81. The van der Waals surface area contributed by atoms with E-state index in [4.69, 9.17) is 0 Å². The summed E-state index contributed by atoms with van der Waals surface area (Å²) in [5.74, 6) is 0. The normalized spacial score (nSPS) is 13.3. The number of hydrogen-bond acceptors (Lipinski definition) is 2. The van der Waals surface area contributed by atoms with E-state index >= 15 is 0 Å². The number of nitrogens with one attached hydrogen (secondary N) is 2. The summed E-state index contributed by atoms with van der Waals surface area (Å²) in [5.41, 5.74) is 0.953. The third-order valence-corrected chi connectivity index (χ3v) is 2.32. The van der Waals surface area contributed by atoms with Crippen LogP contribution in [-0.4, -0.2) is 6.03 Å². The zero-order valence-electron chi connectivity index (χ0n) is 7.18. The Morgan fingerprint density at radius 2 is 2.33 bits per heavy atom. The van der Waals surface area contributed by atoms with Gasteiger partial charge >= 0.3 is 6.03 Å². The van der Waals surface area contributed by atoms with E-state index in [1.807, 2.05) is 25.3 Å². The predicted molar refractivity (Wildman–Crippen MR) is 53.6 cm³/mol. The SMILES string of the molecule is CC.O=C1NCc2sccc2N1.[HH]. The van der Waals surface area contributed by atoms with Gasteiger partial charge in [-0.3, -0.25) is 0 Å². The molecule has 2 heterocycles. The second-order valence-electron chi connectivity index (χ2n) is 2.07. The van der Waals surface area contributed by atoms with Crippen LogP contribution in [0.15, 0.2) is 11.4 Å². The molecular formula is C8H14N2OS. The minimum atomic E-state index is -0.106. The summed E-state index contributed by atoms with van der Waals surface area (Å²) in [5, 5.41) is 7.36. The Hall–Kier alpha value is -1.03. The predicted octanol–water partition coefficient (Wildman–Crippen LogP) is 2.66. The maximum absolute atomic E-state index is 10.7. The van der Waals surface area contributed by atoms with Crippen LogP contribution in [0.1, 0.15) is 20.2 Å². The molecule has 0 saturated heterocycles. The van der Waals surface area contributed by atoms with Crippen molar-refractivity contribution in [3.05, 3.63) is 16.3 Å². The summed E-state index contributed by atoms with van der Waals surface area (Å²) in [7, 11) is 0. The minimum absolute atomic E-state index is 0. The van der Waals surface area contributed by atoms with Gasteiger partial charge in [-0.15, -0.1) is 11.3 Å². The molecule has 2 amide bonds. The van der Waals surface area contributed by atoms with Gasteiger partial charge in [-0.1, -0.05) is 13.8 Å². The first-order chi connectivity index (χ1) is 5.86. The van der Waals surface area contributed by atoms with E-state index in [-0.39, 0.29) is 7.46 Å². The Morgan fingerprint density at radius 1 is 1.58 bits per heavy atom. The number of rotatable bonds is 0. The van der Waals surface area contributed by atoms with Crippen LogP contribution >= 0.6 is 11.3 Å². The molecule has 0 aromatic carbocycles. The van der Waals surface area contributed by atoms with Gasteiger partial charge in [-0.2, -0.15) is 0 Å². The molecule has 0 aliphatic carbocycles. The standard InChI is InChI=1S/C6H6N2OS.C2H6.H2/c9-6-7-3-5-4(8-6)1-2-10-5;1-2;/h1-2H,3H2,(H2,7,8,9);1-2H3;1H. The summed E-state index contributed by atoms with van der Waals surface area (Å²) in [6.45, 7) is 4.67. The molecule has 1 aliphatic heterocycles. The monoisotopic (exact) mass is 186 g/mol. The van der Waals surface area contributed by atoms with Gasteiger partial charge in [0.25, 0.3) is 0 Å². The Labute approximate surface area is 77.3 Å². The lowest BCUT2D eigenvalue weighted by Gasteiger charge is -2.13. The number of fused-ring (bicyclic) bond motifs is 1. The third kappa shape index (κ3) is 1.76. The summed E-state index contributed by atoms with van der Waals surface area (Å²) < 4.78 is 0. The van der Waals surface area contributed by atoms with Crippen molar-refractivity contribution >= 4 is 23.1 Å². The van der Waals surface area contributed by atoms with Crippen LogP contribution in [-0.2, 0) is 6.54 Å². The molecule has 4 heteroatoms. The first-order valence-corrected chi connectivity index (χ1v) is 4.85. The van der Waals surface area contributed by atoms with Crippen molar-refractivity contribution in [2.75, 3.05) is 5.32 Å². The van der Waals surface area contributed by atoms with E-state index in [0.29, 0.717) is 6.54 Å². The lowest BCUT2D eigenvalue weighted by molar-refractivity contribution is 0.251. The number of amides is 2. The molecule has 0 atom stereocenters. The van der Waals surface area contributed by atoms with Gasteiger partial charge in [0.1, 0.15) is 0 Å². The number of thiophene rings is 1. The highest BCUT2D eigenvalue weighted by atomic mass is 32.1. The van der Waals surface area contributed by atoms with Crippen molar-refractivity contribution in [1.82, 2.24) is 5.32 Å². The van der Waals surface area contributed by atoms with E-state index in [2.05, 4.69) is 10.6 Å². The topological polar surface area (TPSA) is 41.1 Å². The van der Waals surface area contributed by atoms with E-state index in [0.717, 1.165) is 5.69 Å². The molecule has 2 rings (SSSR count). The van der Waals surface area contributed by atoms with Crippen LogP contribution in [0.4, 0.5) is 10.5 Å². The number of urea groups is 1. The van der Waals surface area contributed by atoms with E-state index in [1.165, 1.54) is 4.88 Å². The number of carbonyl (C=O) groups is 1. The fourth-order valence-electron chi connectivity index (χ4n) is 0.916. The zero-order chi connectivity index (χ0) is 8.97. The molecule has 0 fully saturated rings. The van der Waals surface area contributed by atoms with Crippen molar-refractivity contribution in [2.24, 2.45) is 0 Å². The molecule has 12 heavy (non-hydrogen) atoms. The second-order valence-corrected chi connectivity index (χ2v) is 3.07. The van der Waals surface area contributed by atoms with Crippen LogP contribution in [0.25, 0.3) is 0 Å². The molecule has 1 aliphatic rings. The summed E-state index contributed by atoms with van der Waals surface area (Å²) in [4.78, 5) is 11.9. The second kappa shape index (κ2) is 4.11. The number of anilines is 1. The number of carbonyl (C=O) groups excluding carboxylic acids is 1. The fraction of sp³-hybridized carbons (Fsp3) is 0.375. The van der Waals surface area contributed by atoms with Crippen molar-refractivity contribution in [3.63, 3.8) is 0 Å². The van der Waals surface area contributed by atoms with Gasteiger partial charge in [0.2, 0.25) is 0 Å². The van der Waals surface area contributed by atoms with Crippen LogP contribution in [0.3, 0.4) is 0 Å². The maximum Gasteiger partial charge on any atom is 0.319 e. The van der Waals surface area contributed by atoms with Crippen molar-refractivity contribution in [1.29, 1.82) is 0 Å². The molecule has 3 nitrogen and oxygen atoms in total. The Morgan fingerprint density at radius 3 is 3.08 bits per heavy atom. The van der Waals surface area contributed by atoms with Crippen molar-refractivity contribution in [2.45, 2.75) is 20.4 Å². The van der Waals surface area contributed by atoms with Crippen LogP contribution < -0.4 is 10.6 Å². The lowest BCUT2D eigenvalue weighted by Crippen LogP contribution is -2.32. The minimum Gasteiger partial charge on any atom is -0.333 e. The molecule has 0 spiro atoms. The highest BCUT2D eigenvalue weighted by molar-refractivity contribution is 7.10. The summed E-state index contributed by atoms with van der Waals surface area (Å²) >= 11 is 1.65. The Kier molecular flexibility index (Phi) is 3.10. The Bertz CT molecular complexity index is 275. The molecule has 0 saturated carbocycles. The highest BCUT2D eigenvalue weighted by Crippen LogP contribution is 2.23. The quantitative estimate of drug-likeness (QED) is 0.642. The van der Waals surface area contributed by atoms with Gasteiger partial charge in [0, 0.05) is 6.30 Å². The van der Waals surface area contributed by atoms with Gasteiger partial charge < -0.3 is 10.6 Å². The molecule has 2 N–H and O–H groups in total. The maximum atomic E-state index is 10.7. The van der Waals surface area contributed by atoms with E-state index < -0.39 is 0 Å². The molecule has 0 radical (unpaired) electrons. The largest absolute Gasteiger partial charge is 0.333 e. The van der Waals surface area contributed by atoms with Gasteiger partial charge in [-0.25, -0.2) is 4.79 Å². The molecule has 0 bridgehead atoms. The first-order valence-electron chi connectivity index (χ1n) is 3.97. The van der Waals surface area contributed by atoms with Crippen LogP contribution in [0.5, 0.6) is 0 Å². The zero-order valence-corrected chi connectivity index (χ0v) is 7.99. The molecule has 1 aromatic rings. The highest BCUT2D eigenvalue weighted by Gasteiger charge is 2.13. The molecule has 0 unspecified atom stereocenters. The first kappa shape index (κ1) is 9.06. The van der Waals surface area contributed by atoms with Crippen molar-refractivity contribution in [3.8, 4) is 0 Å². The van der Waals surface area contributed by atoms with Gasteiger partial charge in [-0.05, 0) is 11.4 Å². The van der Waals surface area contributed by atoms with Crippen LogP contribution in [0.2, 0.25) is 0 Å². The molecule has 1 aromatic heterocycles. The summed E-state index contributed by atoms with van der Waals surface area (Å²) in [6.07, 6.45) is 0. The van der Waals surface area contributed by atoms with Gasteiger partial charge in [0.15, 0.2) is 0 Å². The molecular weight excluding hydrogens is 172 g/mol. The fourth-order valence-corrected chi connectivity index (χ4v) is 1.69. The van der Waals surface area contributed by atoms with E-state index in [1.54, 1.807) is 11.3 Å². The average molecular weight is 186 g/mol. The smallest absolute Gasteiger partial charge is 0.319 e. The van der Waals surface area contributed by atoms with Crippen LogP contribution in [0, 0.1) is 0 Å². The Balaban J connectivity index is 0.000000451. The molecule has 68 valence electrons. The van der Waals surface area contributed by atoms with Gasteiger partial charge in [0.05, 0.1) is 12.2 Å². The van der Waals surface area contributed by atoms with Crippen molar-refractivity contribution < 1.29 is 6.22 Å².